The number of halogens is 1. The molecule has 0 aliphatic carbocycles. The van der Waals surface area contributed by atoms with Gasteiger partial charge in [-0.2, -0.15) is 0 Å². The molecule has 1 aromatic rings. The normalized spacial score (nSPS) is 10.7. The standard InChI is InChI=1S/C12H14BrNO2/c1-3-16-12(15)5-4-10-6-9(2)11(7-13)14-8-10/h4-6,8H,3,7H2,1-2H3/b5-4+. The molecule has 0 N–H and O–H groups in total. The Morgan fingerprint density at radius 1 is 1.62 bits per heavy atom. The van der Waals surface area contributed by atoms with Crippen LogP contribution in [0.2, 0.25) is 0 Å². The molecule has 0 aliphatic rings. The van der Waals surface area contributed by atoms with Crippen molar-refractivity contribution in [3.63, 3.8) is 0 Å². The van der Waals surface area contributed by atoms with Crippen molar-refractivity contribution in [3.05, 3.63) is 35.2 Å². The summed E-state index contributed by atoms with van der Waals surface area (Å²) < 4.78 is 4.79. The van der Waals surface area contributed by atoms with E-state index in [1.807, 2.05) is 13.0 Å². The van der Waals surface area contributed by atoms with E-state index in [-0.39, 0.29) is 5.97 Å². The van der Waals surface area contributed by atoms with Crippen LogP contribution in [0.5, 0.6) is 0 Å². The maximum absolute atomic E-state index is 11.1. The Kier molecular flexibility index (Phi) is 5.19. The first-order valence-electron chi connectivity index (χ1n) is 5.03. The molecule has 4 heteroatoms. The number of hydrogen-bond acceptors (Lipinski definition) is 3. The van der Waals surface area contributed by atoms with E-state index in [1.165, 1.54) is 6.08 Å². The molecule has 0 radical (unpaired) electrons. The van der Waals surface area contributed by atoms with Crippen molar-refractivity contribution in [2.75, 3.05) is 6.61 Å². The summed E-state index contributed by atoms with van der Waals surface area (Å²) in [5.74, 6) is -0.329. The van der Waals surface area contributed by atoms with Gasteiger partial charge < -0.3 is 4.74 Å². The number of aromatic nitrogens is 1. The summed E-state index contributed by atoms with van der Waals surface area (Å²) in [4.78, 5) is 15.4. The molecule has 0 spiro atoms. The zero-order valence-electron chi connectivity index (χ0n) is 9.37. The smallest absolute Gasteiger partial charge is 0.330 e. The van der Waals surface area contributed by atoms with Gasteiger partial charge in [-0.1, -0.05) is 15.9 Å². The molecule has 1 heterocycles. The Morgan fingerprint density at radius 3 is 2.94 bits per heavy atom. The average Bonchev–Trinajstić information content (AvgIpc) is 2.27. The molecule has 3 nitrogen and oxygen atoms in total. The summed E-state index contributed by atoms with van der Waals surface area (Å²) in [6.45, 7) is 4.16. The van der Waals surface area contributed by atoms with E-state index in [4.69, 9.17) is 4.74 Å². The fourth-order valence-electron chi connectivity index (χ4n) is 1.21. The minimum atomic E-state index is -0.329. The minimum Gasteiger partial charge on any atom is -0.463 e. The van der Waals surface area contributed by atoms with E-state index in [0.717, 1.165) is 22.2 Å². The molecule has 0 saturated heterocycles. The molecule has 16 heavy (non-hydrogen) atoms. The molecule has 0 bridgehead atoms. The third-order valence-corrected chi connectivity index (χ3v) is 2.56. The molecular weight excluding hydrogens is 270 g/mol. The third-order valence-electron chi connectivity index (χ3n) is 2.03. The number of esters is 1. The molecule has 0 fully saturated rings. The van der Waals surface area contributed by atoms with Crippen molar-refractivity contribution in [2.24, 2.45) is 0 Å². The topological polar surface area (TPSA) is 39.2 Å². The van der Waals surface area contributed by atoms with E-state index < -0.39 is 0 Å². The lowest BCUT2D eigenvalue weighted by atomic mass is 10.1. The quantitative estimate of drug-likeness (QED) is 0.485. The fourth-order valence-corrected chi connectivity index (χ4v) is 1.80. The Bertz CT molecular complexity index is 402. The van der Waals surface area contributed by atoms with Crippen molar-refractivity contribution in [1.29, 1.82) is 0 Å². The average molecular weight is 284 g/mol. The van der Waals surface area contributed by atoms with Crippen LogP contribution in [0.15, 0.2) is 18.3 Å². The number of nitrogens with zero attached hydrogens (tertiary/aromatic N) is 1. The predicted octanol–water partition coefficient (Wildman–Crippen LogP) is 2.86. The number of carbonyl (C=O) groups is 1. The van der Waals surface area contributed by atoms with Gasteiger partial charge in [0.25, 0.3) is 0 Å². The summed E-state index contributed by atoms with van der Waals surface area (Å²) in [6, 6.07) is 1.99. The van der Waals surface area contributed by atoms with Crippen molar-refractivity contribution < 1.29 is 9.53 Å². The van der Waals surface area contributed by atoms with E-state index in [2.05, 4.69) is 20.9 Å². The number of carbonyl (C=O) groups excluding carboxylic acids is 1. The molecular formula is C12H14BrNO2. The lowest BCUT2D eigenvalue weighted by Crippen LogP contribution is -1.98. The van der Waals surface area contributed by atoms with Crippen LogP contribution in [-0.4, -0.2) is 17.6 Å². The molecule has 86 valence electrons. The van der Waals surface area contributed by atoms with Crippen LogP contribution in [0.4, 0.5) is 0 Å². The maximum Gasteiger partial charge on any atom is 0.330 e. The highest BCUT2D eigenvalue weighted by molar-refractivity contribution is 9.08. The molecule has 0 aliphatic heterocycles. The number of pyridine rings is 1. The largest absolute Gasteiger partial charge is 0.463 e. The summed E-state index contributed by atoms with van der Waals surface area (Å²) in [6.07, 6.45) is 4.85. The Balaban J connectivity index is 2.75. The zero-order valence-corrected chi connectivity index (χ0v) is 11.0. The Hall–Kier alpha value is -1.16. The van der Waals surface area contributed by atoms with Crippen LogP contribution in [0.3, 0.4) is 0 Å². The Labute approximate surface area is 104 Å². The van der Waals surface area contributed by atoms with Crippen LogP contribution in [0, 0.1) is 6.92 Å². The van der Waals surface area contributed by atoms with E-state index in [1.54, 1.807) is 19.2 Å². The first-order valence-corrected chi connectivity index (χ1v) is 6.15. The van der Waals surface area contributed by atoms with Gasteiger partial charge in [0.1, 0.15) is 0 Å². The molecule has 0 unspecified atom stereocenters. The molecule has 1 aromatic heterocycles. The zero-order chi connectivity index (χ0) is 12.0. The van der Waals surface area contributed by atoms with E-state index >= 15 is 0 Å². The highest BCUT2D eigenvalue weighted by Gasteiger charge is 1.99. The number of alkyl halides is 1. The van der Waals surface area contributed by atoms with Gasteiger partial charge in [0.2, 0.25) is 0 Å². The van der Waals surface area contributed by atoms with Crippen molar-refractivity contribution in [1.82, 2.24) is 4.98 Å². The van der Waals surface area contributed by atoms with Crippen LogP contribution in [-0.2, 0) is 14.9 Å². The number of rotatable bonds is 4. The highest BCUT2D eigenvalue weighted by Crippen LogP contribution is 2.11. The third kappa shape index (κ3) is 3.77. The number of hydrogen-bond donors (Lipinski definition) is 0. The maximum atomic E-state index is 11.1. The summed E-state index contributed by atoms with van der Waals surface area (Å²) in [5.41, 5.74) is 3.01. The monoisotopic (exact) mass is 283 g/mol. The van der Waals surface area contributed by atoms with Gasteiger partial charge in [-0.15, -0.1) is 0 Å². The van der Waals surface area contributed by atoms with E-state index in [9.17, 15) is 4.79 Å². The SMILES string of the molecule is CCOC(=O)/C=C/c1cnc(CBr)c(C)c1. The summed E-state index contributed by atoms with van der Waals surface area (Å²) in [5, 5.41) is 0.737. The second-order valence-corrected chi connectivity index (χ2v) is 3.81. The second kappa shape index (κ2) is 6.43. The molecule has 0 amide bonds. The van der Waals surface area contributed by atoms with Crippen molar-refractivity contribution in [3.8, 4) is 0 Å². The van der Waals surface area contributed by atoms with Crippen LogP contribution < -0.4 is 0 Å². The molecule has 0 aromatic carbocycles. The lowest BCUT2D eigenvalue weighted by Gasteiger charge is -2.01. The molecule has 0 atom stereocenters. The fraction of sp³-hybridized carbons (Fsp3) is 0.333. The van der Waals surface area contributed by atoms with Crippen molar-refractivity contribution >= 4 is 28.0 Å². The van der Waals surface area contributed by atoms with Gasteiger partial charge in [-0.05, 0) is 37.1 Å². The van der Waals surface area contributed by atoms with Gasteiger partial charge in [-0.3, -0.25) is 4.98 Å². The first-order chi connectivity index (χ1) is 7.67. The van der Waals surface area contributed by atoms with Crippen LogP contribution in [0.1, 0.15) is 23.7 Å². The van der Waals surface area contributed by atoms with Crippen LogP contribution >= 0.6 is 15.9 Å². The van der Waals surface area contributed by atoms with Crippen LogP contribution in [0.25, 0.3) is 6.08 Å². The summed E-state index contributed by atoms with van der Waals surface area (Å²) in [7, 11) is 0. The number of ether oxygens (including phenoxy) is 1. The molecule has 0 saturated carbocycles. The molecule has 1 rings (SSSR count). The van der Waals surface area contributed by atoms with Gasteiger partial charge in [0.05, 0.1) is 12.3 Å². The Morgan fingerprint density at radius 2 is 2.38 bits per heavy atom. The summed E-state index contributed by atoms with van der Waals surface area (Å²) >= 11 is 3.36. The van der Waals surface area contributed by atoms with E-state index in [0.29, 0.717) is 6.61 Å². The highest BCUT2D eigenvalue weighted by atomic mass is 79.9. The second-order valence-electron chi connectivity index (χ2n) is 3.25. The van der Waals surface area contributed by atoms with Gasteiger partial charge >= 0.3 is 5.97 Å². The minimum absolute atomic E-state index is 0.329. The lowest BCUT2D eigenvalue weighted by molar-refractivity contribution is -0.137. The van der Waals surface area contributed by atoms with Gasteiger partial charge in [-0.25, -0.2) is 4.79 Å². The van der Waals surface area contributed by atoms with Crippen molar-refractivity contribution in [2.45, 2.75) is 19.2 Å². The number of aryl methyl sites for hydroxylation is 1. The first kappa shape index (κ1) is 12.9. The predicted molar refractivity (Wildman–Crippen MR) is 67.3 cm³/mol. The van der Waals surface area contributed by atoms with Gasteiger partial charge in [0, 0.05) is 17.6 Å². The van der Waals surface area contributed by atoms with Gasteiger partial charge in [0.15, 0.2) is 0 Å².